The van der Waals surface area contributed by atoms with Gasteiger partial charge in [-0.2, -0.15) is 0 Å². The van der Waals surface area contributed by atoms with Crippen LogP contribution >= 0.6 is 0 Å². The van der Waals surface area contributed by atoms with E-state index in [1.165, 1.54) is 5.56 Å². The molecule has 0 aliphatic carbocycles. The van der Waals surface area contributed by atoms with Crippen LogP contribution < -0.4 is 10.5 Å². The lowest BCUT2D eigenvalue weighted by Crippen LogP contribution is -2.53. The van der Waals surface area contributed by atoms with Crippen molar-refractivity contribution < 1.29 is 9.47 Å². The fourth-order valence-corrected chi connectivity index (χ4v) is 2.81. The molecular formula is C17H26N2O2. The van der Waals surface area contributed by atoms with Crippen LogP contribution in [0.3, 0.4) is 0 Å². The molecule has 4 heteroatoms. The number of epoxide rings is 1. The second-order valence-electron chi connectivity index (χ2n) is 6.50. The third kappa shape index (κ3) is 3.96. The van der Waals surface area contributed by atoms with Crippen LogP contribution in [0.5, 0.6) is 5.75 Å². The lowest BCUT2D eigenvalue weighted by molar-refractivity contribution is 0.0188. The maximum Gasteiger partial charge on any atom is 0.132 e. The van der Waals surface area contributed by atoms with E-state index in [2.05, 4.69) is 43.0 Å². The van der Waals surface area contributed by atoms with Gasteiger partial charge in [0.15, 0.2) is 0 Å². The number of hydrogen-bond donors (Lipinski definition) is 1. The van der Waals surface area contributed by atoms with E-state index in [0.717, 1.165) is 38.2 Å². The van der Waals surface area contributed by atoms with Gasteiger partial charge in [0, 0.05) is 13.1 Å². The molecule has 2 atom stereocenters. The van der Waals surface area contributed by atoms with Gasteiger partial charge in [0.1, 0.15) is 18.1 Å². The van der Waals surface area contributed by atoms with Gasteiger partial charge in [0.25, 0.3) is 0 Å². The van der Waals surface area contributed by atoms with Crippen LogP contribution in [0.25, 0.3) is 0 Å². The number of ether oxygens (including phenoxy) is 2. The molecule has 116 valence electrons. The molecule has 2 N–H and O–H groups in total. The highest BCUT2D eigenvalue weighted by Gasteiger charge is 2.35. The van der Waals surface area contributed by atoms with Gasteiger partial charge in [-0.15, -0.1) is 0 Å². The summed E-state index contributed by atoms with van der Waals surface area (Å²) < 4.78 is 11.2. The summed E-state index contributed by atoms with van der Waals surface area (Å²) in [6, 6.07) is 8.50. The Bertz CT molecular complexity index is 454. The second kappa shape index (κ2) is 6.34. The monoisotopic (exact) mass is 290 g/mol. The van der Waals surface area contributed by atoms with Gasteiger partial charge >= 0.3 is 0 Å². The smallest absolute Gasteiger partial charge is 0.132 e. The number of hydrogen-bond acceptors (Lipinski definition) is 4. The van der Waals surface area contributed by atoms with Crippen LogP contribution in [-0.4, -0.2) is 43.0 Å². The Morgan fingerprint density at radius 2 is 1.95 bits per heavy atom. The largest absolute Gasteiger partial charge is 0.488 e. The predicted molar refractivity (Wildman–Crippen MR) is 83.5 cm³/mol. The SMILES string of the molecule is CC(C)c1ccc(OC2CN(CCCC3OC3N)C2)cc1. The Morgan fingerprint density at radius 1 is 1.29 bits per heavy atom. The molecule has 0 radical (unpaired) electrons. The van der Waals surface area contributed by atoms with Crippen molar-refractivity contribution in [3.63, 3.8) is 0 Å². The summed E-state index contributed by atoms with van der Waals surface area (Å²) >= 11 is 0. The first kappa shape index (κ1) is 14.8. The molecule has 2 unspecified atom stereocenters. The van der Waals surface area contributed by atoms with Crippen molar-refractivity contribution in [3.05, 3.63) is 29.8 Å². The normalized spacial score (nSPS) is 25.9. The van der Waals surface area contributed by atoms with E-state index in [9.17, 15) is 0 Å². The van der Waals surface area contributed by atoms with E-state index in [4.69, 9.17) is 15.2 Å². The number of nitrogens with two attached hydrogens (primary N) is 1. The summed E-state index contributed by atoms with van der Waals surface area (Å²) in [5, 5.41) is 0. The molecule has 0 amide bonds. The van der Waals surface area contributed by atoms with E-state index in [-0.39, 0.29) is 6.23 Å². The van der Waals surface area contributed by atoms with Crippen molar-refractivity contribution in [2.45, 2.75) is 51.0 Å². The molecule has 0 bridgehead atoms. The highest BCUT2D eigenvalue weighted by Crippen LogP contribution is 2.24. The van der Waals surface area contributed by atoms with Crippen molar-refractivity contribution in [1.82, 2.24) is 4.90 Å². The Balaban J connectivity index is 1.32. The molecule has 0 spiro atoms. The Labute approximate surface area is 127 Å². The fraction of sp³-hybridized carbons (Fsp3) is 0.647. The summed E-state index contributed by atoms with van der Waals surface area (Å²) in [4.78, 5) is 2.43. The van der Waals surface area contributed by atoms with Gasteiger partial charge in [-0.05, 0) is 43.0 Å². The highest BCUT2D eigenvalue weighted by molar-refractivity contribution is 5.29. The van der Waals surface area contributed by atoms with Crippen LogP contribution in [0.1, 0.15) is 38.2 Å². The number of likely N-dealkylation sites (tertiary alicyclic amines) is 1. The molecule has 1 aromatic carbocycles. The van der Waals surface area contributed by atoms with Crippen LogP contribution in [0, 0.1) is 0 Å². The molecule has 2 aliphatic heterocycles. The van der Waals surface area contributed by atoms with Gasteiger partial charge in [0.2, 0.25) is 0 Å². The van der Waals surface area contributed by atoms with Crippen molar-refractivity contribution in [2.75, 3.05) is 19.6 Å². The third-order valence-corrected chi connectivity index (χ3v) is 4.36. The van der Waals surface area contributed by atoms with Gasteiger partial charge in [-0.3, -0.25) is 4.90 Å². The molecule has 4 nitrogen and oxygen atoms in total. The van der Waals surface area contributed by atoms with E-state index < -0.39 is 0 Å². The highest BCUT2D eigenvalue weighted by atomic mass is 16.6. The van der Waals surface area contributed by atoms with Crippen molar-refractivity contribution in [2.24, 2.45) is 5.73 Å². The summed E-state index contributed by atoms with van der Waals surface area (Å²) in [5.74, 6) is 1.56. The van der Waals surface area contributed by atoms with Crippen molar-refractivity contribution >= 4 is 0 Å². The minimum atomic E-state index is 0.00582. The Morgan fingerprint density at radius 3 is 2.52 bits per heavy atom. The van der Waals surface area contributed by atoms with E-state index >= 15 is 0 Å². The van der Waals surface area contributed by atoms with Gasteiger partial charge < -0.3 is 15.2 Å². The molecule has 3 rings (SSSR count). The first-order valence-electron chi connectivity index (χ1n) is 8.02. The van der Waals surface area contributed by atoms with Crippen molar-refractivity contribution in [3.8, 4) is 5.75 Å². The van der Waals surface area contributed by atoms with Gasteiger partial charge in [-0.1, -0.05) is 26.0 Å². The number of nitrogens with zero attached hydrogens (tertiary/aromatic N) is 1. The minimum Gasteiger partial charge on any atom is -0.488 e. The fourth-order valence-electron chi connectivity index (χ4n) is 2.81. The van der Waals surface area contributed by atoms with Gasteiger partial charge in [-0.25, -0.2) is 0 Å². The average molecular weight is 290 g/mol. The lowest BCUT2D eigenvalue weighted by Gasteiger charge is -2.39. The summed E-state index contributed by atoms with van der Waals surface area (Å²) in [5.41, 5.74) is 6.97. The van der Waals surface area contributed by atoms with Gasteiger partial charge in [0.05, 0.1) is 6.10 Å². The van der Waals surface area contributed by atoms with Crippen LogP contribution in [0.15, 0.2) is 24.3 Å². The molecule has 0 aromatic heterocycles. The molecule has 2 saturated heterocycles. The van der Waals surface area contributed by atoms with E-state index in [0.29, 0.717) is 18.1 Å². The van der Waals surface area contributed by atoms with Crippen molar-refractivity contribution in [1.29, 1.82) is 0 Å². The molecule has 2 heterocycles. The number of benzene rings is 1. The first-order valence-corrected chi connectivity index (χ1v) is 8.02. The molecular weight excluding hydrogens is 264 g/mol. The number of rotatable bonds is 7. The predicted octanol–water partition coefficient (Wildman–Crippen LogP) is 2.34. The maximum absolute atomic E-state index is 5.99. The average Bonchev–Trinajstić information content (AvgIpc) is 3.12. The zero-order valence-electron chi connectivity index (χ0n) is 13.0. The van der Waals surface area contributed by atoms with E-state index in [1.807, 2.05) is 0 Å². The van der Waals surface area contributed by atoms with Crippen LogP contribution in [0.4, 0.5) is 0 Å². The third-order valence-electron chi connectivity index (χ3n) is 4.36. The first-order chi connectivity index (χ1) is 10.1. The minimum absolute atomic E-state index is 0.00582. The topological polar surface area (TPSA) is 51.0 Å². The molecule has 0 saturated carbocycles. The van der Waals surface area contributed by atoms with E-state index in [1.54, 1.807) is 0 Å². The lowest BCUT2D eigenvalue weighted by atomic mass is 10.0. The molecule has 21 heavy (non-hydrogen) atoms. The maximum atomic E-state index is 5.99. The molecule has 2 aliphatic rings. The summed E-state index contributed by atoms with van der Waals surface area (Å²) in [6.07, 6.45) is 2.91. The Kier molecular flexibility index (Phi) is 4.48. The molecule has 1 aromatic rings. The second-order valence-corrected chi connectivity index (χ2v) is 6.50. The summed E-state index contributed by atoms with van der Waals surface area (Å²) in [7, 11) is 0. The summed E-state index contributed by atoms with van der Waals surface area (Å²) in [6.45, 7) is 7.60. The zero-order valence-corrected chi connectivity index (χ0v) is 13.0. The van der Waals surface area contributed by atoms with Crippen LogP contribution in [0.2, 0.25) is 0 Å². The quantitative estimate of drug-likeness (QED) is 0.783. The molecule has 2 fully saturated rings. The van der Waals surface area contributed by atoms with Crippen LogP contribution in [-0.2, 0) is 4.74 Å². The zero-order chi connectivity index (χ0) is 14.8. The Hall–Kier alpha value is -1.10. The standard InChI is InChI=1S/C17H26N2O2/c1-12(2)13-5-7-14(8-6-13)20-15-10-19(11-15)9-3-4-16-17(18)21-16/h5-8,12,15-17H,3-4,9-11,18H2,1-2H3.